The molecule has 21 heavy (non-hydrogen) atoms. The van der Waals surface area contributed by atoms with Crippen LogP contribution in [0.1, 0.15) is 44.5 Å². The van der Waals surface area contributed by atoms with Crippen molar-refractivity contribution in [2.75, 3.05) is 5.75 Å². The maximum atomic E-state index is 4.38. The molecule has 0 saturated heterocycles. The van der Waals surface area contributed by atoms with Gasteiger partial charge < -0.3 is 4.57 Å². The summed E-state index contributed by atoms with van der Waals surface area (Å²) in [6.07, 6.45) is 9.02. The van der Waals surface area contributed by atoms with Crippen molar-refractivity contribution in [3.05, 3.63) is 24.3 Å². The van der Waals surface area contributed by atoms with Gasteiger partial charge in [0.25, 0.3) is 0 Å². The van der Waals surface area contributed by atoms with E-state index in [2.05, 4.69) is 33.7 Å². The summed E-state index contributed by atoms with van der Waals surface area (Å²) in [6.45, 7) is 5.34. The number of rotatable bonds is 5. The molecule has 5 nitrogen and oxygen atoms in total. The van der Waals surface area contributed by atoms with Gasteiger partial charge in [-0.2, -0.15) is 5.10 Å². The summed E-state index contributed by atoms with van der Waals surface area (Å²) in [5.41, 5.74) is 0. The first kappa shape index (κ1) is 14.6. The predicted octanol–water partition coefficient (Wildman–Crippen LogP) is 3.33. The molecule has 2 aromatic rings. The van der Waals surface area contributed by atoms with Gasteiger partial charge >= 0.3 is 0 Å². The molecule has 6 heteroatoms. The molecular weight excluding hydrogens is 282 g/mol. The van der Waals surface area contributed by atoms with E-state index < -0.39 is 0 Å². The van der Waals surface area contributed by atoms with Gasteiger partial charge in [-0.25, -0.2) is 0 Å². The van der Waals surface area contributed by atoms with Gasteiger partial charge in [0, 0.05) is 24.2 Å². The fourth-order valence-electron chi connectivity index (χ4n) is 3.17. The molecule has 2 aromatic heterocycles. The fourth-order valence-corrected chi connectivity index (χ4v) is 4.15. The van der Waals surface area contributed by atoms with E-state index in [1.165, 1.54) is 25.7 Å². The Hall–Kier alpha value is -1.30. The number of nitrogens with zero attached hydrogens (tertiary/aromatic N) is 5. The summed E-state index contributed by atoms with van der Waals surface area (Å²) in [4.78, 5) is 0. The van der Waals surface area contributed by atoms with Crippen LogP contribution in [-0.2, 0) is 6.54 Å². The molecule has 0 aromatic carbocycles. The van der Waals surface area contributed by atoms with Gasteiger partial charge in [0.15, 0.2) is 5.16 Å². The fraction of sp³-hybridized carbons (Fsp3) is 0.667. The smallest absolute Gasteiger partial charge is 0.191 e. The second-order valence-corrected chi connectivity index (χ2v) is 7.01. The van der Waals surface area contributed by atoms with Crippen LogP contribution in [0, 0.1) is 12.8 Å². The van der Waals surface area contributed by atoms with Crippen molar-refractivity contribution in [2.24, 2.45) is 5.92 Å². The van der Waals surface area contributed by atoms with Gasteiger partial charge in [0.05, 0.1) is 6.54 Å². The molecule has 1 saturated carbocycles. The van der Waals surface area contributed by atoms with Crippen LogP contribution in [0.15, 0.2) is 23.6 Å². The molecule has 2 atom stereocenters. The average Bonchev–Trinajstić information content (AvgIpc) is 3.09. The molecule has 1 fully saturated rings. The van der Waals surface area contributed by atoms with Crippen molar-refractivity contribution >= 4 is 11.8 Å². The first-order valence-corrected chi connectivity index (χ1v) is 8.74. The van der Waals surface area contributed by atoms with Gasteiger partial charge in [-0.15, -0.1) is 10.2 Å². The Balaban J connectivity index is 1.65. The summed E-state index contributed by atoms with van der Waals surface area (Å²) >= 11 is 1.79. The highest BCUT2D eigenvalue weighted by molar-refractivity contribution is 7.99. The summed E-state index contributed by atoms with van der Waals surface area (Å²) < 4.78 is 4.33. The zero-order valence-electron chi connectivity index (χ0n) is 12.8. The molecule has 0 radical (unpaired) electrons. The van der Waals surface area contributed by atoms with Crippen LogP contribution >= 0.6 is 11.8 Å². The lowest BCUT2D eigenvalue weighted by Crippen LogP contribution is -2.19. The molecule has 114 valence electrons. The van der Waals surface area contributed by atoms with Crippen molar-refractivity contribution in [2.45, 2.75) is 57.3 Å². The van der Waals surface area contributed by atoms with Crippen molar-refractivity contribution in [1.29, 1.82) is 0 Å². The third-order valence-electron chi connectivity index (χ3n) is 4.22. The Morgan fingerprint density at radius 1 is 1.33 bits per heavy atom. The lowest BCUT2D eigenvalue weighted by atomic mass is 9.87. The van der Waals surface area contributed by atoms with Gasteiger partial charge in [-0.3, -0.25) is 4.68 Å². The van der Waals surface area contributed by atoms with Crippen molar-refractivity contribution in [1.82, 2.24) is 24.5 Å². The van der Waals surface area contributed by atoms with Gasteiger partial charge in [0.1, 0.15) is 5.82 Å². The zero-order valence-corrected chi connectivity index (χ0v) is 13.6. The second kappa shape index (κ2) is 6.64. The molecule has 0 N–H and O–H groups in total. The van der Waals surface area contributed by atoms with E-state index in [1.807, 2.05) is 23.1 Å². The van der Waals surface area contributed by atoms with Crippen LogP contribution in [0.2, 0.25) is 0 Å². The quantitative estimate of drug-likeness (QED) is 0.795. The van der Waals surface area contributed by atoms with Crippen LogP contribution in [0.3, 0.4) is 0 Å². The summed E-state index contributed by atoms with van der Waals surface area (Å²) in [5, 5.41) is 14.0. The highest BCUT2D eigenvalue weighted by Crippen LogP contribution is 2.35. The number of hydrogen-bond acceptors (Lipinski definition) is 4. The van der Waals surface area contributed by atoms with Gasteiger partial charge in [-0.05, 0) is 31.7 Å². The highest BCUT2D eigenvalue weighted by Gasteiger charge is 2.24. The molecule has 0 aliphatic heterocycles. The van der Waals surface area contributed by atoms with Gasteiger partial charge in [0.2, 0.25) is 0 Å². The Kier molecular flexibility index (Phi) is 4.63. The molecule has 1 aliphatic carbocycles. The number of aryl methyl sites for hydroxylation is 2. The van der Waals surface area contributed by atoms with Crippen molar-refractivity contribution in [3.63, 3.8) is 0 Å². The van der Waals surface area contributed by atoms with E-state index in [-0.39, 0.29) is 0 Å². The molecule has 1 aliphatic rings. The van der Waals surface area contributed by atoms with Crippen molar-refractivity contribution < 1.29 is 0 Å². The van der Waals surface area contributed by atoms with Crippen LogP contribution in [0.5, 0.6) is 0 Å². The van der Waals surface area contributed by atoms with Crippen LogP contribution in [0.25, 0.3) is 0 Å². The van der Waals surface area contributed by atoms with E-state index in [0.29, 0.717) is 6.04 Å². The first-order chi connectivity index (χ1) is 10.2. The molecular formula is C15H23N5S. The number of hydrogen-bond donors (Lipinski definition) is 0. The lowest BCUT2D eigenvalue weighted by molar-refractivity contribution is 0.268. The SMILES string of the molecule is Cc1nnc(SCCn2cccn2)n1[C@@H]1CCC[C@@H](C)C1. The number of aromatic nitrogens is 5. The summed E-state index contributed by atoms with van der Waals surface area (Å²) in [6, 6.07) is 2.54. The molecule has 0 amide bonds. The minimum atomic E-state index is 0.580. The van der Waals surface area contributed by atoms with Crippen LogP contribution in [0.4, 0.5) is 0 Å². The maximum Gasteiger partial charge on any atom is 0.191 e. The van der Waals surface area contributed by atoms with E-state index in [9.17, 15) is 0 Å². The highest BCUT2D eigenvalue weighted by atomic mass is 32.2. The Labute approximate surface area is 130 Å². The monoisotopic (exact) mass is 305 g/mol. The third kappa shape index (κ3) is 3.48. The van der Waals surface area contributed by atoms with Crippen molar-refractivity contribution in [3.8, 4) is 0 Å². The Morgan fingerprint density at radius 3 is 3.00 bits per heavy atom. The molecule has 3 rings (SSSR count). The standard InChI is InChI=1S/C15H23N5S/c1-12-5-3-6-14(11-12)20-13(2)17-18-15(20)21-10-9-19-8-4-7-16-19/h4,7-8,12,14H,3,5-6,9-11H2,1-2H3/t12-,14-/m1/s1. The minimum Gasteiger partial charge on any atom is -0.303 e. The lowest BCUT2D eigenvalue weighted by Gasteiger charge is -2.29. The average molecular weight is 305 g/mol. The van der Waals surface area contributed by atoms with E-state index in [4.69, 9.17) is 0 Å². The van der Waals surface area contributed by atoms with Gasteiger partial charge in [-0.1, -0.05) is 31.5 Å². The maximum absolute atomic E-state index is 4.38. The molecule has 2 heterocycles. The summed E-state index contributed by atoms with van der Waals surface area (Å²) in [5.74, 6) is 2.84. The zero-order chi connectivity index (χ0) is 14.7. The van der Waals surface area contributed by atoms with E-state index in [0.717, 1.165) is 29.2 Å². The molecule has 0 spiro atoms. The number of thioether (sulfide) groups is 1. The largest absolute Gasteiger partial charge is 0.303 e. The third-order valence-corrected chi connectivity index (χ3v) is 5.14. The topological polar surface area (TPSA) is 48.5 Å². The first-order valence-electron chi connectivity index (χ1n) is 7.76. The van der Waals surface area contributed by atoms with Crippen LogP contribution in [-0.4, -0.2) is 30.3 Å². The summed E-state index contributed by atoms with van der Waals surface area (Å²) in [7, 11) is 0. The van der Waals surface area contributed by atoms with E-state index in [1.54, 1.807) is 11.8 Å². The predicted molar refractivity (Wildman–Crippen MR) is 84.4 cm³/mol. The normalized spacial score (nSPS) is 22.6. The Bertz CT molecular complexity index is 563. The second-order valence-electron chi connectivity index (χ2n) is 5.94. The van der Waals surface area contributed by atoms with Crippen LogP contribution < -0.4 is 0 Å². The minimum absolute atomic E-state index is 0.580. The Morgan fingerprint density at radius 2 is 2.24 bits per heavy atom. The van der Waals surface area contributed by atoms with E-state index >= 15 is 0 Å². The molecule has 0 unspecified atom stereocenters. The molecule has 0 bridgehead atoms.